The van der Waals surface area contributed by atoms with Crippen LogP contribution in [-0.4, -0.2) is 31.2 Å². The van der Waals surface area contributed by atoms with Crippen LogP contribution in [0.1, 0.15) is 43.7 Å². The molecule has 1 N–H and O–H groups in total. The van der Waals surface area contributed by atoms with E-state index in [9.17, 15) is 9.90 Å². The summed E-state index contributed by atoms with van der Waals surface area (Å²) in [4.78, 5) is 22.2. The maximum Gasteiger partial charge on any atom is 0.337 e. The van der Waals surface area contributed by atoms with Crippen molar-refractivity contribution < 1.29 is 14.6 Å². The molecule has 5 rings (SSSR count). The van der Waals surface area contributed by atoms with Gasteiger partial charge in [0.25, 0.3) is 0 Å². The molecule has 0 aliphatic heterocycles. The van der Waals surface area contributed by atoms with Crippen molar-refractivity contribution >= 4 is 50.2 Å². The Balaban J connectivity index is 1.78. The minimum atomic E-state index is -1.15. The van der Waals surface area contributed by atoms with Crippen molar-refractivity contribution in [3.63, 3.8) is 0 Å². The zero-order valence-electron chi connectivity index (χ0n) is 21.6. The molecule has 5 aromatic rings. The quantitative estimate of drug-likeness (QED) is 0.250. The molecular weight excluding hydrogens is 506 g/mol. The number of halogens is 1. The van der Waals surface area contributed by atoms with Crippen molar-refractivity contribution in [1.82, 2.24) is 14.5 Å². The number of aromatic nitrogens is 3. The highest BCUT2D eigenvalue weighted by Crippen LogP contribution is 2.44. The molecule has 0 saturated carbocycles. The number of benzene rings is 2. The van der Waals surface area contributed by atoms with Crippen molar-refractivity contribution in [1.29, 1.82) is 0 Å². The van der Waals surface area contributed by atoms with Gasteiger partial charge in [-0.3, -0.25) is 0 Å². The van der Waals surface area contributed by atoms with Crippen molar-refractivity contribution in [3.8, 4) is 21.7 Å². The second kappa shape index (κ2) is 9.24. The number of rotatable bonds is 5. The number of fused-ring (bicyclic) bond motifs is 2. The van der Waals surface area contributed by atoms with Crippen molar-refractivity contribution in [2.75, 3.05) is 0 Å². The van der Waals surface area contributed by atoms with E-state index in [4.69, 9.17) is 21.3 Å². The molecule has 6 nitrogen and oxygen atoms in total. The van der Waals surface area contributed by atoms with Gasteiger partial charge in [0.2, 0.25) is 0 Å². The molecule has 0 aliphatic rings. The molecule has 1 atom stereocenters. The normalized spacial score (nSPS) is 12.9. The van der Waals surface area contributed by atoms with Gasteiger partial charge in [0.1, 0.15) is 10.7 Å². The van der Waals surface area contributed by atoms with Gasteiger partial charge in [-0.25, -0.2) is 14.8 Å². The van der Waals surface area contributed by atoms with Crippen LogP contribution in [0.4, 0.5) is 0 Å². The summed E-state index contributed by atoms with van der Waals surface area (Å²) in [5, 5.41) is 12.7. The molecule has 0 aliphatic carbocycles. The van der Waals surface area contributed by atoms with Crippen LogP contribution in [0.25, 0.3) is 42.9 Å². The number of thiazole rings is 1. The third kappa shape index (κ3) is 4.75. The lowest BCUT2D eigenvalue weighted by Gasteiger charge is -2.28. The first-order chi connectivity index (χ1) is 17.4. The number of carbonyl (C=O) groups is 1. The Hall–Kier alpha value is -3.26. The number of carboxylic acid groups (broad SMARTS) is 1. The standard InChI is InChI=1S/C29H28ClN3O3S/c1-15-11-21-25(37-27(32-21)19-13-18-12-16(2)33(6)26(18)31-14-19)23(17-7-9-20(30)10-8-17)22(15)24(28(34)35)36-29(3,4)5/h7-14,24H,1-6H3,(H,34,35)/t24-/m0/s1. The summed E-state index contributed by atoms with van der Waals surface area (Å²) in [5.41, 5.74) is 6.21. The predicted molar refractivity (Wildman–Crippen MR) is 150 cm³/mol. The van der Waals surface area contributed by atoms with Crippen LogP contribution in [0.3, 0.4) is 0 Å². The Bertz CT molecular complexity index is 1660. The Morgan fingerprint density at radius 3 is 2.46 bits per heavy atom. The van der Waals surface area contributed by atoms with Crippen LogP contribution in [0.2, 0.25) is 5.02 Å². The zero-order valence-corrected chi connectivity index (χ0v) is 23.2. The summed E-state index contributed by atoms with van der Waals surface area (Å²) in [6.07, 6.45) is 0.698. The Kier molecular flexibility index (Phi) is 6.34. The highest BCUT2D eigenvalue weighted by molar-refractivity contribution is 7.22. The number of pyridine rings is 1. The first kappa shape index (κ1) is 25.4. The molecule has 2 aromatic carbocycles. The molecule has 0 bridgehead atoms. The maximum absolute atomic E-state index is 12.5. The van der Waals surface area contributed by atoms with E-state index in [1.165, 1.54) is 11.3 Å². The number of carboxylic acids is 1. The van der Waals surface area contributed by atoms with E-state index in [2.05, 4.69) is 28.6 Å². The molecule has 0 unspecified atom stereocenters. The van der Waals surface area contributed by atoms with Gasteiger partial charge < -0.3 is 14.4 Å². The smallest absolute Gasteiger partial charge is 0.337 e. The first-order valence-corrected chi connectivity index (χ1v) is 13.2. The van der Waals surface area contributed by atoms with E-state index in [1.807, 2.05) is 71.3 Å². The highest BCUT2D eigenvalue weighted by Gasteiger charge is 2.32. The van der Waals surface area contributed by atoms with Crippen LogP contribution < -0.4 is 0 Å². The number of aliphatic carboxylic acids is 1. The van der Waals surface area contributed by atoms with Gasteiger partial charge in [-0.1, -0.05) is 23.7 Å². The maximum atomic E-state index is 12.5. The molecule has 3 aromatic heterocycles. The van der Waals surface area contributed by atoms with Crippen LogP contribution in [-0.2, 0) is 16.6 Å². The molecule has 8 heteroatoms. The summed E-state index contributed by atoms with van der Waals surface area (Å²) < 4.78 is 9.06. The van der Waals surface area contributed by atoms with E-state index in [-0.39, 0.29) is 0 Å². The van der Waals surface area contributed by atoms with Gasteiger partial charge in [-0.05, 0) is 76.1 Å². The van der Waals surface area contributed by atoms with Gasteiger partial charge in [0, 0.05) is 46.0 Å². The summed E-state index contributed by atoms with van der Waals surface area (Å²) in [5.74, 6) is -1.04. The second-order valence-electron chi connectivity index (χ2n) is 10.3. The fraction of sp³-hybridized carbons (Fsp3) is 0.276. The number of hydrogen-bond donors (Lipinski definition) is 1. The van der Waals surface area contributed by atoms with Gasteiger partial charge in [-0.2, -0.15) is 0 Å². The minimum Gasteiger partial charge on any atom is -0.479 e. The van der Waals surface area contributed by atoms with Gasteiger partial charge >= 0.3 is 5.97 Å². The fourth-order valence-corrected chi connectivity index (χ4v) is 5.86. The summed E-state index contributed by atoms with van der Waals surface area (Å²) in [7, 11) is 2.00. The van der Waals surface area contributed by atoms with Gasteiger partial charge in [-0.15, -0.1) is 11.3 Å². The zero-order chi connectivity index (χ0) is 26.6. The molecule has 0 fully saturated rings. The highest BCUT2D eigenvalue weighted by atomic mass is 35.5. The van der Waals surface area contributed by atoms with Crippen molar-refractivity contribution in [2.24, 2.45) is 7.05 Å². The summed E-state index contributed by atoms with van der Waals surface area (Å²) >= 11 is 7.72. The third-order valence-electron chi connectivity index (χ3n) is 6.37. The third-order valence-corrected chi connectivity index (χ3v) is 7.76. The van der Waals surface area contributed by atoms with Crippen LogP contribution in [0.15, 0.2) is 48.7 Å². The second-order valence-corrected chi connectivity index (χ2v) is 11.7. The number of ether oxygens (including phenoxy) is 1. The molecule has 37 heavy (non-hydrogen) atoms. The summed E-state index contributed by atoms with van der Waals surface area (Å²) in [6.45, 7) is 9.55. The monoisotopic (exact) mass is 533 g/mol. The predicted octanol–water partition coefficient (Wildman–Crippen LogP) is 7.73. The average molecular weight is 534 g/mol. The SMILES string of the molecule is Cc1cc2nc(-c3cnc4c(c3)cc(C)n4C)sc2c(-c2ccc(Cl)cc2)c1[C@H](OC(C)(C)C)C(=O)O. The molecular formula is C29H28ClN3O3S. The Morgan fingerprint density at radius 1 is 1.11 bits per heavy atom. The van der Waals surface area contributed by atoms with Gasteiger partial charge in [0.15, 0.2) is 6.10 Å². The molecule has 0 radical (unpaired) electrons. The van der Waals surface area contributed by atoms with Crippen molar-refractivity contribution in [2.45, 2.75) is 46.3 Å². The first-order valence-electron chi connectivity index (χ1n) is 12.0. The Morgan fingerprint density at radius 2 is 1.81 bits per heavy atom. The molecule has 3 heterocycles. The van der Waals surface area contributed by atoms with E-state index in [1.54, 1.807) is 0 Å². The largest absolute Gasteiger partial charge is 0.479 e. The number of nitrogens with zero attached hydrogens (tertiary/aromatic N) is 3. The topological polar surface area (TPSA) is 77.2 Å². The lowest BCUT2D eigenvalue weighted by Crippen LogP contribution is -2.28. The summed E-state index contributed by atoms with van der Waals surface area (Å²) in [6, 6.07) is 13.6. The fourth-order valence-electron chi connectivity index (χ4n) is 4.63. The molecule has 190 valence electrons. The minimum absolute atomic E-state index is 0.609. The average Bonchev–Trinajstić information content (AvgIpc) is 3.36. The lowest BCUT2D eigenvalue weighted by molar-refractivity contribution is -0.160. The molecule has 0 spiro atoms. The van der Waals surface area contributed by atoms with Crippen molar-refractivity contribution in [3.05, 3.63) is 70.5 Å². The molecule has 0 amide bonds. The van der Waals surface area contributed by atoms with E-state index in [0.717, 1.165) is 54.2 Å². The number of hydrogen-bond acceptors (Lipinski definition) is 5. The van der Waals surface area contributed by atoms with E-state index >= 15 is 0 Å². The van der Waals surface area contributed by atoms with E-state index in [0.29, 0.717) is 10.6 Å². The Labute approximate surface area is 224 Å². The van der Waals surface area contributed by atoms with Crippen LogP contribution >= 0.6 is 22.9 Å². The van der Waals surface area contributed by atoms with E-state index < -0.39 is 17.7 Å². The lowest BCUT2D eigenvalue weighted by atomic mass is 9.91. The van der Waals surface area contributed by atoms with Gasteiger partial charge in [0.05, 0.1) is 15.8 Å². The van der Waals surface area contributed by atoms with Crippen LogP contribution in [0, 0.1) is 13.8 Å². The van der Waals surface area contributed by atoms with Crippen LogP contribution in [0.5, 0.6) is 0 Å². The molecule has 0 saturated heterocycles. The number of aryl methyl sites for hydroxylation is 3.